The van der Waals surface area contributed by atoms with Gasteiger partial charge < -0.3 is 15.1 Å². The Kier molecular flexibility index (Phi) is 4.68. The second-order valence-corrected chi connectivity index (χ2v) is 7.71. The SMILES string of the molecule is CC(C)N1CC2CCCC(C1)C2NCC1CCCN1C. The van der Waals surface area contributed by atoms with Gasteiger partial charge in [0.1, 0.15) is 0 Å². The number of piperidine rings is 1. The van der Waals surface area contributed by atoms with E-state index in [9.17, 15) is 0 Å². The minimum absolute atomic E-state index is 0.722. The third-order valence-corrected chi connectivity index (χ3v) is 6.09. The van der Waals surface area contributed by atoms with E-state index < -0.39 is 0 Å². The summed E-state index contributed by atoms with van der Waals surface area (Å²) in [6.07, 6.45) is 7.13. The Balaban J connectivity index is 1.56. The van der Waals surface area contributed by atoms with Crippen molar-refractivity contribution in [1.29, 1.82) is 0 Å². The Bertz CT molecular complexity index is 303. The lowest BCUT2D eigenvalue weighted by Gasteiger charge is -2.49. The first-order valence-electron chi connectivity index (χ1n) is 8.83. The first-order chi connectivity index (χ1) is 9.65. The zero-order valence-corrected chi connectivity index (χ0v) is 13.6. The quantitative estimate of drug-likeness (QED) is 0.851. The smallest absolute Gasteiger partial charge is 0.0218 e. The van der Waals surface area contributed by atoms with Crippen molar-refractivity contribution in [3.63, 3.8) is 0 Å². The van der Waals surface area contributed by atoms with Crippen molar-refractivity contribution in [3.8, 4) is 0 Å². The molecule has 3 nitrogen and oxygen atoms in total. The molecule has 1 N–H and O–H groups in total. The minimum Gasteiger partial charge on any atom is -0.312 e. The molecule has 0 aromatic heterocycles. The van der Waals surface area contributed by atoms with Gasteiger partial charge in [-0.15, -0.1) is 0 Å². The Hall–Kier alpha value is -0.120. The summed E-state index contributed by atoms with van der Waals surface area (Å²) in [6, 6.07) is 2.31. The Morgan fingerprint density at radius 3 is 2.30 bits per heavy atom. The summed E-state index contributed by atoms with van der Waals surface area (Å²) in [5, 5.41) is 3.99. The largest absolute Gasteiger partial charge is 0.312 e. The van der Waals surface area contributed by atoms with E-state index in [4.69, 9.17) is 0 Å². The summed E-state index contributed by atoms with van der Waals surface area (Å²) in [5.74, 6) is 1.80. The van der Waals surface area contributed by atoms with Gasteiger partial charge in [0.25, 0.3) is 0 Å². The lowest BCUT2D eigenvalue weighted by Crippen LogP contribution is -2.59. The van der Waals surface area contributed by atoms with Gasteiger partial charge in [-0.2, -0.15) is 0 Å². The lowest BCUT2D eigenvalue weighted by atomic mass is 9.73. The first kappa shape index (κ1) is 14.8. The third kappa shape index (κ3) is 3.05. The van der Waals surface area contributed by atoms with Crippen LogP contribution in [0, 0.1) is 11.8 Å². The zero-order valence-electron chi connectivity index (χ0n) is 13.6. The van der Waals surface area contributed by atoms with Crippen LogP contribution in [0.25, 0.3) is 0 Å². The molecule has 3 heteroatoms. The molecule has 3 atom stereocenters. The van der Waals surface area contributed by atoms with Crippen molar-refractivity contribution in [2.24, 2.45) is 11.8 Å². The Morgan fingerprint density at radius 2 is 1.75 bits per heavy atom. The van der Waals surface area contributed by atoms with Crippen molar-refractivity contribution in [3.05, 3.63) is 0 Å². The van der Waals surface area contributed by atoms with Crippen molar-refractivity contribution in [2.45, 2.75) is 64.1 Å². The number of nitrogens with one attached hydrogen (secondary N) is 1. The van der Waals surface area contributed by atoms with E-state index >= 15 is 0 Å². The van der Waals surface area contributed by atoms with Gasteiger partial charge >= 0.3 is 0 Å². The molecule has 1 aliphatic carbocycles. The van der Waals surface area contributed by atoms with Crippen molar-refractivity contribution < 1.29 is 0 Å². The minimum atomic E-state index is 0.722. The van der Waals surface area contributed by atoms with Gasteiger partial charge in [-0.3, -0.25) is 0 Å². The average Bonchev–Trinajstić information content (AvgIpc) is 2.80. The molecule has 0 amide bonds. The number of rotatable bonds is 4. The highest BCUT2D eigenvalue weighted by molar-refractivity contribution is 4.96. The van der Waals surface area contributed by atoms with Crippen molar-refractivity contribution in [1.82, 2.24) is 15.1 Å². The molecule has 0 spiro atoms. The molecule has 3 rings (SSSR count). The normalized spacial score (nSPS) is 39.6. The fraction of sp³-hybridized carbons (Fsp3) is 1.00. The molecular formula is C17H33N3. The Morgan fingerprint density at radius 1 is 1.05 bits per heavy atom. The average molecular weight is 279 g/mol. The van der Waals surface area contributed by atoms with E-state index in [2.05, 4.69) is 36.0 Å². The fourth-order valence-corrected chi connectivity index (χ4v) is 4.74. The van der Waals surface area contributed by atoms with E-state index in [1.165, 1.54) is 58.3 Å². The number of likely N-dealkylation sites (N-methyl/N-ethyl adjacent to an activating group) is 1. The molecular weight excluding hydrogens is 246 g/mol. The second kappa shape index (κ2) is 6.33. The zero-order chi connectivity index (χ0) is 14.1. The molecule has 0 aromatic carbocycles. The summed E-state index contributed by atoms with van der Waals surface area (Å²) >= 11 is 0. The monoisotopic (exact) mass is 279 g/mol. The highest BCUT2D eigenvalue weighted by Gasteiger charge is 2.40. The van der Waals surface area contributed by atoms with Crippen molar-refractivity contribution in [2.75, 3.05) is 33.2 Å². The van der Waals surface area contributed by atoms with E-state index in [1.807, 2.05) is 0 Å². The number of likely N-dealkylation sites (tertiary alicyclic amines) is 2. The van der Waals surface area contributed by atoms with Gasteiger partial charge in [0.05, 0.1) is 0 Å². The highest BCUT2D eigenvalue weighted by atomic mass is 15.2. The molecule has 2 saturated heterocycles. The predicted octanol–water partition coefficient (Wildman–Crippen LogP) is 2.18. The van der Waals surface area contributed by atoms with Crippen LogP contribution in [0.15, 0.2) is 0 Å². The molecule has 20 heavy (non-hydrogen) atoms. The Labute approximate surface area is 125 Å². The fourth-order valence-electron chi connectivity index (χ4n) is 4.74. The molecule has 116 valence electrons. The number of hydrogen-bond donors (Lipinski definition) is 1. The van der Waals surface area contributed by atoms with Gasteiger partial charge in [0.2, 0.25) is 0 Å². The van der Waals surface area contributed by atoms with Crippen LogP contribution in [0.1, 0.15) is 46.0 Å². The summed E-state index contributed by atoms with van der Waals surface area (Å²) in [7, 11) is 2.29. The lowest BCUT2D eigenvalue weighted by molar-refractivity contribution is 0.0277. The molecule has 2 aliphatic heterocycles. The molecule has 3 fully saturated rings. The topological polar surface area (TPSA) is 18.5 Å². The van der Waals surface area contributed by atoms with E-state index in [1.54, 1.807) is 0 Å². The first-order valence-corrected chi connectivity index (χ1v) is 8.83. The van der Waals surface area contributed by atoms with E-state index in [0.29, 0.717) is 0 Å². The van der Waals surface area contributed by atoms with Crippen LogP contribution in [0.5, 0.6) is 0 Å². The van der Waals surface area contributed by atoms with Crippen LogP contribution in [0.3, 0.4) is 0 Å². The maximum Gasteiger partial charge on any atom is 0.0218 e. The van der Waals surface area contributed by atoms with Gasteiger partial charge in [-0.25, -0.2) is 0 Å². The third-order valence-electron chi connectivity index (χ3n) is 6.09. The van der Waals surface area contributed by atoms with Crippen LogP contribution >= 0.6 is 0 Å². The van der Waals surface area contributed by atoms with Crippen LogP contribution < -0.4 is 5.32 Å². The second-order valence-electron chi connectivity index (χ2n) is 7.71. The van der Waals surface area contributed by atoms with Crippen LogP contribution in [0.2, 0.25) is 0 Å². The predicted molar refractivity (Wildman–Crippen MR) is 85.0 cm³/mol. The highest BCUT2D eigenvalue weighted by Crippen LogP contribution is 2.35. The summed E-state index contributed by atoms with van der Waals surface area (Å²) in [4.78, 5) is 5.26. The molecule has 0 radical (unpaired) electrons. The molecule has 2 bridgehead atoms. The van der Waals surface area contributed by atoms with Crippen LogP contribution in [-0.2, 0) is 0 Å². The molecule has 2 heterocycles. The summed E-state index contributed by atoms with van der Waals surface area (Å²) in [6.45, 7) is 9.88. The number of fused-ring (bicyclic) bond motifs is 2. The maximum atomic E-state index is 3.99. The summed E-state index contributed by atoms with van der Waals surface area (Å²) < 4.78 is 0. The number of hydrogen-bond acceptors (Lipinski definition) is 3. The van der Waals surface area contributed by atoms with E-state index in [0.717, 1.165) is 30.0 Å². The molecule has 1 saturated carbocycles. The molecule has 3 unspecified atom stereocenters. The van der Waals surface area contributed by atoms with Crippen LogP contribution in [-0.4, -0.2) is 61.2 Å². The van der Waals surface area contributed by atoms with Gasteiger partial charge in [-0.05, 0) is 65.0 Å². The van der Waals surface area contributed by atoms with Gasteiger partial charge in [0, 0.05) is 37.8 Å². The number of nitrogens with zero attached hydrogens (tertiary/aromatic N) is 2. The molecule has 0 aromatic rings. The standard InChI is InChI=1S/C17H33N3/c1-13(2)20-11-14-6-4-7-15(12-20)17(14)18-10-16-8-5-9-19(16)3/h13-18H,4-12H2,1-3H3. The van der Waals surface area contributed by atoms with Gasteiger partial charge in [0.15, 0.2) is 0 Å². The van der Waals surface area contributed by atoms with Gasteiger partial charge in [-0.1, -0.05) is 6.42 Å². The molecule has 3 aliphatic rings. The van der Waals surface area contributed by atoms with Crippen molar-refractivity contribution >= 4 is 0 Å². The summed E-state index contributed by atoms with van der Waals surface area (Å²) in [5.41, 5.74) is 0. The van der Waals surface area contributed by atoms with E-state index in [-0.39, 0.29) is 0 Å². The van der Waals surface area contributed by atoms with Crippen LogP contribution in [0.4, 0.5) is 0 Å². The maximum absolute atomic E-state index is 3.99.